The SMILES string of the molecule is C[C@H]1C/C=C\Cc2cccc(O[Si](C)(C)C(C)(C)C)c2C(=O)O[C@@H](C/C=C/C(=O)O)C[C@H]1O[Si](C)(C)C(C)(C)C. The Labute approximate surface area is 244 Å². The number of aliphatic carboxylic acids is 1. The molecule has 0 saturated carbocycles. The quantitative estimate of drug-likeness (QED) is 0.149. The van der Waals surface area contributed by atoms with Crippen LogP contribution in [-0.4, -0.2) is 45.9 Å². The second-order valence-corrected chi connectivity index (χ2v) is 23.7. The number of carboxylic acid groups (broad SMARTS) is 1. The van der Waals surface area contributed by atoms with Gasteiger partial charge in [-0.2, -0.15) is 0 Å². The highest BCUT2D eigenvalue weighted by atomic mass is 28.4. The molecule has 0 radical (unpaired) electrons. The summed E-state index contributed by atoms with van der Waals surface area (Å²) in [6.07, 6.45) is 8.50. The Morgan fingerprint density at radius 3 is 2.25 bits per heavy atom. The molecule has 0 amide bonds. The van der Waals surface area contributed by atoms with Gasteiger partial charge in [-0.1, -0.05) is 78.8 Å². The molecule has 3 atom stereocenters. The first-order valence-electron chi connectivity index (χ1n) is 14.5. The average molecular weight is 589 g/mol. The number of hydrogen-bond donors (Lipinski definition) is 1. The van der Waals surface area contributed by atoms with Crippen LogP contribution in [0.5, 0.6) is 5.75 Å². The second-order valence-electron chi connectivity index (χ2n) is 14.2. The Bertz CT molecular complexity index is 1090. The van der Waals surface area contributed by atoms with Gasteiger partial charge in [0, 0.05) is 18.9 Å². The minimum absolute atomic E-state index is 0.0244. The Hall–Kier alpha value is -2.17. The molecule has 1 N–H and O–H groups in total. The fraction of sp³-hybridized carbons (Fsp3) is 0.625. The lowest BCUT2D eigenvalue weighted by Crippen LogP contribution is -2.46. The van der Waals surface area contributed by atoms with Gasteiger partial charge in [-0.15, -0.1) is 0 Å². The van der Waals surface area contributed by atoms with Crippen molar-refractivity contribution in [3.8, 4) is 5.75 Å². The van der Waals surface area contributed by atoms with E-state index < -0.39 is 34.7 Å². The van der Waals surface area contributed by atoms with E-state index in [2.05, 4.69) is 86.8 Å². The van der Waals surface area contributed by atoms with Crippen LogP contribution in [0.2, 0.25) is 36.3 Å². The number of carboxylic acids is 1. The summed E-state index contributed by atoms with van der Waals surface area (Å²) in [5.41, 5.74) is 1.32. The largest absolute Gasteiger partial charge is 0.543 e. The summed E-state index contributed by atoms with van der Waals surface area (Å²) in [6, 6.07) is 5.76. The van der Waals surface area contributed by atoms with Gasteiger partial charge in [-0.25, -0.2) is 9.59 Å². The summed E-state index contributed by atoms with van der Waals surface area (Å²) >= 11 is 0. The van der Waals surface area contributed by atoms with Crippen molar-refractivity contribution < 1.29 is 28.3 Å². The number of carbonyl (C=O) groups is 2. The van der Waals surface area contributed by atoms with Crippen molar-refractivity contribution >= 4 is 28.6 Å². The van der Waals surface area contributed by atoms with E-state index in [1.807, 2.05) is 18.2 Å². The van der Waals surface area contributed by atoms with E-state index in [-0.39, 0.29) is 22.1 Å². The van der Waals surface area contributed by atoms with Crippen molar-refractivity contribution in [1.29, 1.82) is 0 Å². The Kier molecular flexibility index (Phi) is 11.2. The van der Waals surface area contributed by atoms with Gasteiger partial charge >= 0.3 is 11.9 Å². The van der Waals surface area contributed by atoms with Gasteiger partial charge < -0.3 is 18.7 Å². The molecule has 6 nitrogen and oxygen atoms in total. The number of fused-ring (bicyclic) bond motifs is 1. The van der Waals surface area contributed by atoms with Crippen LogP contribution < -0.4 is 4.43 Å². The first-order chi connectivity index (χ1) is 18.2. The molecular weight excluding hydrogens is 537 g/mol. The predicted octanol–water partition coefficient (Wildman–Crippen LogP) is 8.55. The van der Waals surface area contributed by atoms with Crippen molar-refractivity contribution in [3.63, 3.8) is 0 Å². The summed E-state index contributed by atoms with van der Waals surface area (Å²) in [4.78, 5) is 25.1. The van der Waals surface area contributed by atoms with Crippen LogP contribution in [0.25, 0.3) is 0 Å². The maximum Gasteiger partial charge on any atom is 0.342 e. The number of cyclic esters (lactones) is 1. The van der Waals surface area contributed by atoms with Gasteiger partial charge in [0.05, 0.1) is 6.10 Å². The van der Waals surface area contributed by atoms with Gasteiger partial charge in [0.1, 0.15) is 17.4 Å². The lowest BCUT2D eigenvalue weighted by Gasteiger charge is -2.41. The molecule has 1 aromatic rings. The lowest BCUT2D eigenvalue weighted by molar-refractivity contribution is -0.131. The van der Waals surface area contributed by atoms with Gasteiger partial charge in [0.2, 0.25) is 0 Å². The molecule has 1 aromatic carbocycles. The van der Waals surface area contributed by atoms with Gasteiger partial charge in [-0.3, -0.25) is 0 Å². The lowest BCUT2D eigenvalue weighted by atomic mass is 9.93. The monoisotopic (exact) mass is 588 g/mol. The molecule has 0 saturated heterocycles. The van der Waals surface area contributed by atoms with E-state index in [0.717, 1.165) is 18.1 Å². The zero-order chi connectivity index (χ0) is 30.5. The number of carbonyl (C=O) groups excluding carboxylic acids is 1. The number of esters is 1. The molecule has 0 aromatic heterocycles. The van der Waals surface area contributed by atoms with Crippen LogP contribution in [0.4, 0.5) is 0 Å². The van der Waals surface area contributed by atoms with Crippen molar-refractivity contribution in [3.05, 3.63) is 53.6 Å². The standard InChI is InChI=1S/C32H52O6Si2/c1-23-16-12-13-17-24-18-14-20-26(37-39(8,9)31(2,3)4)29(24)30(35)36-25(19-15-21-28(33)34)22-27(23)38-40(10,11)32(5,6)7/h12-15,18,20-21,23,25,27H,16-17,19,22H2,1-11H3,(H,33,34)/b13-12-,21-15+/t23-,25-,27+/m0/s1. The van der Waals surface area contributed by atoms with E-state index in [1.54, 1.807) is 6.08 Å². The summed E-state index contributed by atoms with van der Waals surface area (Å²) in [5.74, 6) is -0.711. The molecular formula is C32H52O6Si2. The number of benzene rings is 1. The second kappa shape index (κ2) is 13.2. The summed E-state index contributed by atoms with van der Waals surface area (Å²) < 4.78 is 19.8. The zero-order valence-corrected chi connectivity index (χ0v) is 28.6. The van der Waals surface area contributed by atoms with Crippen LogP contribution in [0.15, 0.2) is 42.5 Å². The van der Waals surface area contributed by atoms with Crippen LogP contribution in [0.3, 0.4) is 0 Å². The summed E-state index contributed by atoms with van der Waals surface area (Å²) in [7, 11) is -4.36. The topological polar surface area (TPSA) is 82.1 Å². The zero-order valence-electron chi connectivity index (χ0n) is 26.6. The van der Waals surface area contributed by atoms with E-state index in [0.29, 0.717) is 30.6 Å². The molecule has 0 bridgehead atoms. The molecule has 1 aliphatic rings. The molecule has 0 spiro atoms. The van der Waals surface area contributed by atoms with E-state index in [4.69, 9.17) is 13.6 Å². The van der Waals surface area contributed by atoms with Crippen LogP contribution in [0, 0.1) is 5.92 Å². The molecule has 0 unspecified atom stereocenters. The first-order valence-corrected chi connectivity index (χ1v) is 20.3. The maximum absolute atomic E-state index is 13.9. The molecule has 1 heterocycles. The Morgan fingerprint density at radius 2 is 1.68 bits per heavy atom. The minimum Gasteiger partial charge on any atom is -0.543 e. The third-order valence-electron chi connectivity index (χ3n) is 8.82. The van der Waals surface area contributed by atoms with Crippen molar-refractivity contribution in [2.24, 2.45) is 5.92 Å². The van der Waals surface area contributed by atoms with E-state index in [9.17, 15) is 14.7 Å². The number of ether oxygens (including phenoxy) is 1. The smallest absolute Gasteiger partial charge is 0.342 e. The minimum atomic E-state index is -2.24. The number of allylic oxidation sites excluding steroid dienone is 2. The molecule has 0 fully saturated rings. The van der Waals surface area contributed by atoms with Crippen LogP contribution >= 0.6 is 0 Å². The molecule has 8 heteroatoms. The fourth-order valence-electron chi connectivity index (χ4n) is 4.10. The fourth-order valence-corrected chi connectivity index (χ4v) is 6.56. The third kappa shape index (κ3) is 9.18. The summed E-state index contributed by atoms with van der Waals surface area (Å²) in [5, 5.41) is 9.17. The van der Waals surface area contributed by atoms with E-state index >= 15 is 0 Å². The highest BCUT2D eigenvalue weighted by Crippen LogP contribution is 2.41. The highest BCUT2D eigenvalue weighted by molar-refractivity contribution is 6.75. The summed E-state index contributed by atoms with van der Waals surface area (Å²) in [6.45, 7) is 24.1. The van der Waals surface area contributed by atoms with Crippen molar-refractivity contribution in [1.82, 2.24) is 0 Å². The first kappa shape index (κ1) is 34.0. The normalized spacial score (nSPS) is 22.6. The molecule has 1 aliphatic heterocycles. The van der Waals surface area contributed by atoms with Crippen molar-refractivity contribution in [2.45, 2.75) is 123 Å². The Morgan fingerprint density at radius 1 is 1.05 bits per heavy atom. The van der Waals surface area contributed by atoms with E-state index in [1.165, 1.54) is 0 Å². The van der Waals surface area contributed by atoms with Gasteiger partial charge in [-0.05, 0) is 66.7 Å². The number of hydrogen-bond acceptors (Lipinski definition) is 5. The van der Waals surface area contributed by atoms with Gasteiger partial charge in [0.15, 0.2) is 8.32 Å². The number of rotatable bonds is 7. The molecule has 2 rings (SSSR count). The molecule has 224 valence electrons. The van der Waals surface area contributed by atoms with Crippen molar-refractivity contribution in [2.75, 3.05) is 0 Å². The third-order valence-corrected chi connectivity index (χ3v) is 17.7. The molecule has 40 heavy (non-hydrogen) atoms. The average Bonchev–Trinajstić information content (AvgIpc) is 2.78. The molecule has 0 aliphatic carbocycles. The van der Waals surface area contributed by atoms with Crippen LogP contribution in [0.1, 0.15) is 83.7 Å². The maximum atomic E-state index is 13.9. The van der Waals surface area contributed by atoms with Gasteiger partial charge in [0.25, 0.3) is 8.32 Å². The predicted molar refractivity (Wildman–Crippen MR) is 168 cm³/mol. The van der Waals surface area contributed by atoms with Crippen LogP contribution in [-0.2, 0) is 20.4 Å². The Balaban J connectivity index is 2.56. The highest BCUT2D eigenvalue weighted by Gasteiger charge is 2.42.